The average Bonchev–Trinajstić information content (AvgIpc) is 2.55. The number of rotatable bonds is 5. The Hall–Kier alpha value is -1.81. The van der Waals surface area contributed by atoms with Crippen LogP contribution in [-0.2, 0) is 13.0 Å². The summed E-state index contributed by atoms with van der Waals surface area (Å²) < 4.78 is 5.27. The van der Waals surface area contributed by atoms with E-state index in [2.05, 4.69) is 5.32 Å². The summed E-state index contributed by atoms with van der Waals surface area (Å²) in [5.74, 6) is 0. The third-order valence-electron chi connectivity index (χ3n) is 3.93. The van der Waals surface area contributed by atoms with Crippen LogP contribution < -0.4 is 10.9 Å². The Kier molecular flexibility index (Phi) is 5.24. The quantitative estimate of drug-likeness (QED) is 0.527. The summed E-state index contributed by atoms with van der Waals surface area (Å²) in [5.41, 5.74) is 3.21. The zero-order valence-electron chi connectivity index (χ0n) is 13.2. The number of aryl methyl sites for hydroxylation is 1. The second kappa shape index (κ2) is 7.39. The van der Waals surface area contributed by atoms with Crippen molar-refractivity contribution < 1.29 is 4.42 Å². The van der Waals surface area contributed by atoms with Crippen LogP contribution in [0.15, 0.2) is 51.7 Å². The van der Waals surface area contributed by atoms with Crippen LogP contribution in [0.2, 0.25) is 10.0 Å². The maximum atomic E-state index is 11.7. The van der Waals surface area contributed by atoms with Gasteiger partial charge in [-0.1, -0.05) is 35.3 Å². The van der Waals surface area contributed by atoms with E-state index in [0.717, 1.165) is 34.5 Å². The van der Waals surface area contributed by atoms with Gasteiger partial charge in [-0.3, -0.25) is 0 Å². The number of halogens is 2. The first-order valence-electron chi connectivity index (χ1n) is 7.71. The number of hydrogen-bond donors (Lipinski definition) is 1. The summed E-state index contributed by atoms with van der Waals surface area (Å²) >= 11 is 12.1. The highest BCUT2D eigenvalue weighted by Gasteiger charge is 2.08. The largest absolute Gasteiger partial charge is 0.423 e. The van der Waals surface area contributed by atoms with Crippen molar-refractivity contribution in [3.05, 3.63) is 79.6 Å². The van der Waals surface area contributed by atoms with Gasteiger partial charge in [0.2, 0.25) is 0 Å². The number of benzene rings is 2. The Labute approximate surface area is 150 Å². The summed E-state index contributed by atoms with van der Waals surface area (Å²) in [4.78, 5) is 11.7. The van der Waals surface area contributed by atoms with Crippen molar-refractivity contribution in [3.63, 3.8) is 0 Å². The molecule has 3 nitrogen and oxygen atoms in total. The Morgan fingerprint density at radius 3 is 2.58 bits per heavy atom. The van der Waals surface area contributed by atoms with Gasteiger partial charge < -0.3 is 9.73 Å². The van der Waals surface area contributed by atoms with Gasteiger partial charge >= 0.3 is 5.63 Å². The molecule has 24 heavy (non-hydrogen) atoms. The van der Waals surface area contributed by atoms with E-state index in [1.807, 2.05) is 37.3 Å². The van der Waals surface area contributed by atoms with Gasteiger partial charge in [-0.25, -0.2) is 4.79 Å². The molecule has 0 amide bonds. The van der Waals surface area contributed by atoms with Gasteiger partial charge in [-0.15, -0.1) is 0 Å². The molecular weight excluding hydrogens is 345 g/mol. The molecule has 1 N–H and O–H groups in total. The minimum absolute atomic E-state index is 0.348. The lowest BCUT2D eigenvalue weighted by Crippen LogP contribution is -2.18. The second-order valence-electron chi connectivity index (χ2n) is 5.74. The SMILES string of the molecule is Cc1cc2oc(=O)cc(CNCCc3ccc(Cl)cc3)c2cc1Cl. The molecule has 5 heteroatoms. The molecule has 0 radical (unpaired) electrons. The highest BCUT2D eigenvalue weighted by Crippen LogP contribution is 2.25. The lowest BCUT2D eigenvalue weighted by molar-refractivity contribution is 0.556. The molecule has 3 aromatic rings. The molecule has 0 atom stereocenters. The van der Waals surface area contributed by atoms with E-state index in [1.165, 1.54) is 11.6 Å². The zero-order valence-corrected chi connectivity index (χ0v) is 14.7. The molecule has 0 bridgehead atoms. The molecule has 3 rings (SSSR count). The molecule has 0 unspecified atom stereocenters. The third kappa shape index (κ3) is 3.99. The fourth-order valence-corrected chi connectivity index (χ4v) is 2.89. The van der Waals surface area contributed by atoms with Gasteiger partial charge in [0.05, 0.1) is 0 Å². The van der Waals surface area contributed by atoms with Crippen molar-refractivity contribution in [2.75, 3.05) is 6.54 Å². The number of hydrogen-bond acceptors (Lipinski definition) is 3. The topological polar surface area (TPSA) is 42.2 Å². The minimum atomic E-state index is -0.348. The van der Waals surface area contributed by atoms with Crippen LogP contribution in [0.1, 0.15) is 16.7 Å². The number of fused-ring (bicyclic) bond motifs is 1. The van der Waals surface area contributed by atoms with E-state index >= 15 is 0 Å². The smallest absolute Gasteiger partial charge is 0.336 e. The maximum absolute atomic E-state index is 11.7. The van der Waals surface area contributed by atoms with E-state index in [4.69, 9.17) is 27.6 Å². The van der Waals surface area contributed by atoms with Gasteiger partial charge in [0, 0.05) is 28.0 Å². The van der Waals surface area contributed by atoms with Crippen LogP contribution in [0, 0.1) is 6.92 Å². The normalized spacial score (nSPS) is 11.1. The molecule has 2 aromatic carbocycles. The molecule has 0 aliphatic heterocycles. The molecule has 1 heterocycles. The van der Waals surface area contributed by atoms with Crippen molar-refractivity contribution in [1.29, 1.82) is 0 Å². The minimum Gasteiger partial charge on any atom is -0.423 e. The van der Waals surface area contributed by atoms with E-state index < -0.39 is 0 Å². The Morgan fingerprint density at radius 2 is 1.83 bits per heavy atom. The molecule has 0 saturated heterocycles. The summed E-state index contributed by atoms with van der Waals surface area (Å²) in [6.45, 7) is 3.26. The summed E-state index contributed by atoms with van der Waals surface area (Å²) in [7, 11) is 0. The molecular formula is C19H17Cl2NO2. The van der Waals surface area contributed by atoms with Gasteiger partial charge in [-0.2, -0.15) is 0 Å². The Balaban J connectivity index is 1.71. The summed E-state index contributed by atoms with van der Waals surface area (Å²) in [6, 6.07) is 13.0. The lowest BCUT2D eigenvalue weighted by Gasteiger charge is -2.09. The van der Waals surface area contributed by atoms with Gasteiger partial charge in [0.25, 0.3) is 0 Å². The van der Waals surface area contributed by atoms with Crippen molar-refractivity contribution in [2.24, 2.45) is 0 Å². The molecule has 1 aromatic heterocycles. The number of nitrogens with one attached hydrogen (secondary N) is 1. The first-order chi connectivity index (χ1) is 11.5. The first-order valence-corrected chi connectivity index (χ1v) is 8.46. The van der Waals surface area contributed by atoms with Crippen LogP contribution in [0.5, 0.6) is 0 Å². The van der Waals surface area contributed by atoms with E-state index in [0.29, 0.717) is 17.2 Å². The predicted octanol–water partition coefficient (Wildman–Crippen LogP) is 4.74. The Bertz CT molecular complexity index is 917. The van der Waals surface area contributed by atoms with Gasteiger partial charge in [0.15, 0.2) is 0 Å². The lowest BCUT2D eigenvalue weighted by atomic mass is 10.1. The van der Waals surface area contributed by atoms with Gasteiger partial charge in [0.1, 0.15) is 5.58 Å². The fourth-order valence-electron chi connectivity index (χ4n) is 2.60. The monoisotopic (exact) mass is 361 g/mol. The van der Waals surface area contributed by atoms with Crippen LogP contribution >= 0.6 is 23.2 Å². The molecule has 0 aliphatic carbocycles. The predicted molar refractivity (Wildman–Crippen MR) is 99.1 cm³/mol. The van der Waals surface area contributed by atoms with E-state index in [-0.39, 0.29) is 5.63 Å². The van der Waals surface area contributed by atoms with Crippen molar-refractivity contribution in [2.45, 2.75) is 19.9 Å². The molecule has 0 fully saturated rings. The fraction of sp³-hybridized carbons (Fsp3) is 0.211. The first kappa shape index (κ1) is 17.0. The highest BCUT2D eigenvalue weighted by molar-refractivity contribution is 6.32. The summed E-state index contributed by atoms with van der Waals surface area (Å²) in [5, 5.41) is 5.63. The van der Waals surface area contributed by atoms with Crippen molar-refractivity contribution in [3.8, 4) is 0 Å². The maximum Gasteiger partial charge on any atom is 0.336 e. The van der Waals surface area contributed by atoms with Crippen LogP contribution in [0.25, 0.3) is 11.0 Å². The van der Waals surface area contributed by atoms with E-state index in [1.54, 1.807) is 6.07 Å². The second-order valence-corrected chi connectivity index (χ2v) is 6.59. The van der Waals surface area contributed by atoms with Crippen molar-refractivity contribution in [1.82, 2.24) is 5.32 Å². The zero-order chi connectivity index (χ0) is 17.1. The van der Waals surface area contributed by atoms with E-state index in [9.17, 15) is 4.79 Å². The molecule has 124 valence electrons. The van der Waals surface area contributed by atoms with Gasteiger partial charge in [-0.05, 0) is 60.8 Å². The summed E-state index contributed by atoms with van der Waals surface area (Å²) in [6.07, 6.45) is 0.885. The van der Waals surface area contributed by atoms with Crippen LogP contribution in [-0.4, -0.2) is 6.54 Å². The molecule has 0 aliphatic rings. The third-order valence-corrected chi connectivity index (χ3v) is 4.59. The highest BCUT2D eigenvalue weighted by atomic mass is 35.5. The average molecular weight is 362 g/mol. The van der Waals surface area contributed by atoms with Crippen molar-refractivity contribution >= 4 is 34.2 Å². The van der Waals surface area contributed by atoms with Crippen LogP contribution in [0.4, 0.5) is 0 Å². The molecule has 0 saturated carbocycles. The Morgan fingerprint density at radius 1 is 1.08 bits per heavy atom. The van der Waals surface area contributed by atoms with Crippen LogP contribution in [0.3, 0.4) is 0 Å². The standard InChI is InChI=1S/C19H17Cl2NO2/c1-12-8-18-16(10-17(12)21)14(9-19(23)24-18)11-22-7-6-13-2-4-15(20)5-3-13/h2-5,8-10,22H,6-7,11H2,1H3. The molecule has 0 spiro atoms.